The minimum absolute atomic E-state index is 0.0561. The van der Waals surface area contributed by atoms with Gasteiger partial charge in [0.25, 0.3) is 5.91 Å². The van der Waals surface area contributed by atoms with Crippen LogP contribution in [0.1, 0.15) is 34.6 Å². The van der Waals surface area contributed by atoms with Crippen LogP contribution >= 0.6 is 0 Å². The maximum absolute atomic E-state index is 12.6. The summed E-state index contributed by atoms with van der Waals surface area (Å²) in [6.07, 6.45) is 0. The minimum atomic E-state index is -1.08. The molecule has 0 bridgehead atoms. The number of hydrogen-bond acceptors (Lipinski definition) is 2. The molecule has 0 aromatic heterocycles. The van der Waals surface area contributed by atoms with Gasteiger partial charge in [-0.1, -0.05) is 30.3 Å². The number of carbonyl (C=O) groups is 2. The van der Waals surface area contributed by atoms with Gasteiger partial charge in [-0.2, -0.15) is 0 Å². The standard InChI is InChI=1S/C16H17NO3/c1-3-17(4-2)15(18)14-12-8-6-5-7-11(12)9-10-13(14)16(19)20/h5-10H,3-4H2,1-2H3,(H,19,20). The molecule has 20 heavy (non-hydrogen) atoms. The normalized spacial score (nSPS) is 10.5. The highest BCUT2D eigenvalue weighted by atomic mass is 16.4. The molecule has 4 heteroatoms. The van der Waals surface area contributed by atoms with E-state index in [1.54, 1.807) is 17.0 Å². The monoisotopic (exact) mass is 271 g/mol. The summed E-state index contributed by atoms with van der Waals surface area (Å²) in [5, 5.41) is 10.9. The largest absolute Gasteiger partial charge is 0.478 e. The van der Waals surface area contributed by atoms with Crippen LogP contribution in [0.25, 0.3) is 10.8 Å². The topological polar surface area (TPSA) is 57.6 Å². The van der Waals surface area contributed by atoms with Gasteiger partial charge in [-0.15, -0.1) is 0 Å². The Bertz CT molecular complexity index is 660. The number of amides is 1. The molecular formula is C16H17NO3. The lowest BCUT2D eigenvalue weighted by atomic mass is 9.97. The van der Waals surface area contributed by atoms with Crippen molar-refractivity contribution in [2.45, 2.75) is 13.8 Å². The van der Waals surface area contributed by atoms with E-state index in [0.717, 1.165) is 5.39 Å². The van der Waals surface area contributed by atoms with Crippen molar-refractivity contribution >= 4 is 22.6 Å². The van der Waals surface area contributed by atoms with Gasteiger partial charge >= 0.3 is 5.97 Å². The molecule has 0 radical (unpaired) electrons. The van der Waals surface area contributed by atoms with E-state index in [2.05, 4.69) is 0 Å². The summed E-state index contributed by atoms with van der Waals surface area (Å²) in [6.45, 7) is 4.87. The number of hydrogen-bond donors (Lipinski definition) is 1. The van der Waals surface area contributed by atoms with Gasteiger partial charge in [0.1, 0.15) is 0 Å². The van der Waals surface area contributed by atoms with Crippen molar-refractivity contribution in [3.8, 4) is 0 Å². The third kappa shape index (κ3) is 2.37. The van der Waals surface area contributed by atoms with Crippen molar-refractivity contribution in [3.05, 3.63) is 47.5 Å². The van der Waals surface area contributed by atoms with Crippen LogP contribution in [0.5, 0.6) is 0 Å². The molecule has 0 fully saturated rings. The molecule has 0 saturated carbocycles. The summed E-state index contributed by atoms with van der Waals surface area (Å²) in [5.74, 6) is -1.31. The predicted octanol–water partition coefficient (Wildman–Crippen LogP) is 3.02. The smallest absolute Gasteiger partial charge is 0.336 e. The molecule has 4 nitrogen and oxygen atoms in total. The number of benzene rings is 2. The third-order valence-electron chi connectivity index (χ3n) is 3.42. The highest BCUT2D eigenvalue weighted by Gasteiger charge is 2.22. The van der Waals surface area contributed by atoms with Crippen LogP contribution in [0.3, 0.4) is 0 Å². The Hall–Kier alpha value is -2.36. The first-order valence-electron chi connectivity index (χ1n) is 6.64. The van der Waals surface area contributed by atoms with Crippen molar-refractivity contribution in [1.82, 2.24) is 4.90 Å². The van der Waals surface area contributed by atoms with Gasteiger partial charge in [0, 0.05) is 13.1 Å². The molecule has 0 saturated heterocycles. The SMILES string of the molecule is CCN(CC)C(=O)c1c(C(=O)O)ccc2ccccc12. The molecule has 2 aromatic rings. The second kappa shape index (κ2) is 5.74. The Morgan fingerprint density at radius 2 is 1.70 bits per heavy atom. The van der Waals surface area contributed by atoms with E-state index in [1.165, 1.54) is 6.07 Å². The van der Waals surface area contributed by atoms with E-state index < -0.39 is 5.97 Å². The molecule has 0 aliphatic carbocycles. The molecular weight excluding hydrogens is 254 g/mol. The third-order valence-corrected chi connectivity index (χ3v) is 3.42. The zero-order chi connectivity index (χ0) is 14.7. The van der Waals surface area contributed by atoms with Crippen molar-refractivity contribution in [2.24, 2.45) is 0 Å². The van der Waals surface area contributed by atoms with Crippen molar-refractivity contribution in [1.29, 1.82) is 0 Å². The average molecular weight is 271 g/mol. The predicted molar refractivity (Wildman–Crippen MR) is 78.2 cm³/mol. The Morgan fingerprint density at radius 1 is 1.05 bits per heavy atom. The number of carboxylic acid groups (broad SMARTS) is 1. The van der Waals surface area contributed by atoms with E-state index in [9.17, 15) is 14.7 Å². The summed E-state index contributed by atoms with van der Waals surface area (Å²) in [4.78, 5) is 25.6. The second-order valence-corrected chi connectivity index (χ2v) is 4.49. The van der Waals surface area contributed by atoms with Gasteiger partial charge in [-0.05, 0) is 30.7 Å². The molecule has 0 aliphatic heterocycles. The van der Waals surface area contributed by atoms with Crippen molar-refractivity contribution < 1.29 is 14.7 Å². The number of fused-ring (bicyclic) bond motifs is 1. The molecule has 0 atom stereocenters. The van der Waals surface area contributed by atoms with E-state index in [0.29, 0.717) is 18.5 Å². The van der Waals surface area contributed by atoms with Crippen molar-refractivity contribution in [2.75, 3.05) is 13.1 Å². The van der Waals surface area contributed by atoms with Crippen LogP contribution in [0, 0.1) is 0 Å². The summed E-state index contributed by atoms with van der Waals surface area (Å²) in [5.41, 5.74) is 0.333. The second-order valence-electron chi connectivity index (χ2n) is 4.49. The van der Waals surface area contributed by atoms with Crippen LogP contribution in [-0.4, -0.2) is 35.0 Å². The lowest BCUT2D eigenvalue weighted by Crippen LogP contribution is -2.31. The Balaban J connectivity index is 2.73. The number of carbonyl (C=O) groups excluding carboxylic acids is 1. The van der Waals surface area contributed by atoms with Crippen LogP contribution in [-0.2, 0) is 0 Å². The zero-order valence-electron chi connectivity index (χ0n) is 11.6. The number of nitrogens with zero attached hydrogens (tertiary/aromatic N) is 1. The Kier molecular flexibility index (Phi) is 4.03. The van der Waals surface area contributed by atoms with Gasteiger partial charge in [0.05, 0.1) is 11.1 Å². The quantitative estimate of drug-likeness (QED) is 0.930. The fraction of sp³-hybridized carbons (Fsp3) is 0.250. The van der Waals surface area contributed by atoms with Crippen molar-refractivity contribution in [3.63, 3.8) is 0 Å². The van der Waals surface area contributed by atoms with E-state index in [-0.39, 0.29) is 17.0 Å². The number of carboxylic acids is 1. The highest BCUT2D eigenvalue weighted by molar-refractivity contribution is 6.14. The lowest BCUT2D eigenvalue weighted by Gasteiger charge is -2.20. The average Bonchev–Trinajstić information content (AvgIpc) is 2.46. The molecule has 1 amide bonds. The van der Waals surface area contributed by atoms with Gasteiger partial charge in [-0.3, -0.25) is 4.79 Å². The first-order valence-corrected chi connectivity index (χ1v) is 6.64. The first-order chi connectivity index (χ1) is 9.60. The maximum Gasteiger partial charge on any atom is 0.336 e. The van der Waals surface area contributed by atoms with Gasteiger partial charge < -0.3 is 10.0 Å². The van der Waals surface area contributed by atoms with Crippen LogP contribution in [0.15, 0.2) is 36.4 Å². The van der Waals surface area contributed by atoms with Crippen LogP contribution < -0.4 is 0 Å². The molecule has 0 unspecified atom stereocenters. The molecule has 0 spiro atoms. The highest BCUT2D eigenvalue weighted by Crippen LogP contribution is 2.24. The summed E-state index contributed by atoms with van der Waals surface area (Å²) in [6, 6.07) is 10.6. The number of aromatic carboxylic acids is 1. The van der Waals surface area contributed by atoms with E-state index in [4.69, 9.17) is 0 Å². The fourth-order valence-corrected chi connectivity index (χ4v) is 2.35. The fourth-order valence-electron chi connectivity index (χ4n) is 2.35. The van der Waals surface area contributed by atoms with Gasteiger partial charge in [0.15, 0.2) is 0 Å². The Morgan fingerprint density at radius 3 is 2.30 bits per heavy atom. The number of rotatable bonds is 4. The summed E-state index contributed by atoms with van der Waals surface area (Å²) >= 11 is 0. The molecule has 104 valence electrons. The van der Waals surface area contributed by atoms with Crippen LogP contribution in [0.2, 0.25) is 0 Å². The van der Waals surface area contributed by atoms with E-state index >= 15 is 0 Å². The Labute approximate surface area is 117 Å². The zero-order valence-corrected chi connectivity index (χ0v) is 11.6. The van der Waals surface area contributed by atoms with Gasteiger partial charge in [0.2, 0.25) is 0 Å². The lowest BCUT2D eigenvalue weighted by molar-refractivity contribution is 0.0679. The molecule has 0 aliphatic rings. The molecule has 2 rings (SSSR count). The molecule has 1 N–H and O–H groups in total. The summed E-state index contributed by atoms with van der Waals surface area (Å²) < 4.78 is 0. The molecule has 2 aromatic carbocycles. The summed E-state index contributed by atoms with van der Waals surface area (Å²) in [7, 11) is 0. The first kappa shape index (κ1) is 14.1. The van der Waals surface area contributed by atoms with E-state index in [1.807, 2.05) is 32.0 Å². The van der Waals surface area contributed by atoms with Crippen LogP contribution in [0.4, 0.5) is 0 Å². The van der Waals surface area contributed by atoms with Gasteiger partial charge in [-0.25, -0.2) is 4.79 Å². The maximum atomic E-state index is 12.6. The molecule has 0 heterocycles. The minimum Gasteiger partial charge on any atom is -0.478 e.